The lowest BCUT2D eigenvalue weighted by Gasteiger charge is -1.96. The van der Waals surface area contributed by atoms with Crippen LogP contribution in [0.15, 0.2) is 29.6 Å². The van der Waals surface area contributed by atoms with Crippen molar-refractivity contribution in [2.75, 3.05) is 6.61 Å². The predicted molar refractivity (Wildman–Crippen MR) is 67.5 cm³/mol. The molecule has 0 aliphatic carbocycles. The van der Waals surface area contributed by atoms with E-state index in [1.165, 1.54) is 12.1 Å². The van der Waals surface area contributed by atoms with E-state index in [4.69, 9.17) is 5.11 Å². The van der Waals surface area contributed by atoms with Crippen molar-refractivity contribution in [3.8, 4) is 11.3 Å². The number of nitrogens with zero attached hydrogens (tertiary/aromatic N) is 1. The first-order chi connectivity index (χ1) is 8.29. The van der Waals surface area contributed by atoms with E-state index in [0.29, 0.717) is 0 Å². The van der Waals surface area contributed by atoms with Crippen LogP contribution in [0.25, 0.3) is 11.3 Å². The molecule has 2 nitrogen and oxygen atoms in total. The van der Waals surface area contributed by atoms with Crippen molar-refractivity contribution in [2.24, 2.45) is 0 Å². The minimum absolute atomic E-state index is 0.224. The van der Waals surface area contributed by atoms with Crippen LogP contribution >= 0.6 is 11.3 Å². The third kappa shape index (κ3) is 3.35. The maximum Gasteiger partial charge on any atom is 0.123 e. The van der Waals surface area contributed by atoms with Crippen molar-refractivity contribution >= 4 is 11.3 Å². The standard InChI is InChI=1S/C13H14FNOS/c14-11-5-3-4-10(8-11)12-9-17-13(15-12)6-1-2-7-16/h3-5,8-9,16H,1-2,6-7H2. The molecule has 0 atom stereocenters. The van der Waals surface area contributed by atoms with Crippen LogP contribution in [0.3, 0.4) is 0 Å². The fraction of sp³-hybridized carbons (Fsp3) is 0.308. The number of aryl methyl sites for hydroxylation is 1. The van der Waals surface area contributed by atoms with Gasteiger partial charge in [-0.2, -0.15) is 0 Å². The average Bonchev–Trinajstić information content (AvgIpc) is 2.78. The van der Waals surface area contributed by atoms with Crippen molar-refractivity contribution in [1.29, 1.82) is 0 Å². The van der Waals surface area contributed by atoms with E-state index >= 15 is 0 Å². The maximum absolute atomic E-state index is 13.1. The summed E-state index contributed by atoms with van der Waals surface area (Å²) >= 11 is 1.59. The molecule has 0 radical (unpaired) electrons. The largest absolute Gasteiger partial charge is 0.396 e. The highest BCUT2D eigenvalue weighted by molar-refractivity contribution is 7.09. The summed E-state index contributed by atoms with van der Waals surface area (Å²) in [5, 5.41) is 11.7. The van der Waals surface area contributed by atoms with Gasteiger partial charge < -0.3 is 5.11 Å². The molecule has 1 N–H and O–H groups in total. The van der Waals surface area contributed by atoms with Gasteiger partial charge in [0.15, 0.2) is 0 Å². The van der Waals surface area contributed by atoms with Crippen LogP contribution in [-0.4, -0.2) is 16.7 Å². The molecule has 0 saturated heterocycles. The molecule has 1 aromatic heterocycles. The van der Waals surface area contributed by atoms with Crippen LogP contribution in [0.5, 0.6) is 0 Å². The van der Waals surface area contributed by atoms with Crippen molar-refractivity contribution in [1.82, 2.24) is 4.98 Å². The Bertz CT molecular complexity index is 484. The molecular weight excluding hydrogens is 237 g/mol. The molecule has 2 aromatic rings. The Kier molecular flexibility index (Phi) is 4.23. The normalized spacial score (nSPS) is 10.7. The summed E-state index contributed by atoms with van der Waals surface area (Å²) in [6.07, 6.45) is 2.61. The highest BCUT2D eigenvalue weighted by Crippen LogP contribution is 2.23. The quantitative estimate of drug-likeness (QED) is 0.827. The summed E-state index contributed by atoms with van der Waals surface area (Å²) in [5.41, 5.74) is 1.64. The Morgan fingerprint density at radius 1 is 1.29 bits per heavy atom. The smallest absolute Gasteiger partial charge is 0.123 e. The molecular formula is C13H14FNOS. The van der Waals surface area contributed by atoms with Gasteiger partial charge in [0.25, 0.3) is 0 Å². The van der Waals surface area contributed by atoms with Crippen LogP contribution in [0.4, 0.5) is 4.39 Å². The van der Waals surface area contributed by atoms with Gasteiger partial charge in [-0.05, 0) is 31.4 Å². The molecule has 0 saturated carbocycles. The highest BCUT2D eigenvalue weighted by Gasteiger charge is 2.05. The monoisotopic (exact) mass is 251 g/mol. The van der Waals surface area contributed by atoms with Crippen LogP contribution in [0.1, 0.15) is 17.8 Å². The van der Waals surface area contributed by atoms with E-state index in [0.717, 1.165) is 35.5 Å². The van der Waals surface area contributed by atoms with Gasteiger partial charge in [-0.3, -0.25) is 0 Å². The molecule has 17 heavy (non-hydrogen) atoms. The molecule has 1 aromatic carbocycles. The van der Waals surface area contributed by atoms with Crippen molar-refractivity contribution in [2.45, 2.75) is 19.3 Å². The maximum atomic E-state index is 13.1. The fourth-order valence-corrected chi connectivity index (χ4v) is 2.44. The Hall–Kier alpha value is -1.26. The number of thiazole rings is 1. The first kappa shape index (κ1) is 12.2. The van der Waals surface area contributed by atoms with Gasteiger partial charge in [0.1, 0.15) is 5.82 Å². The van der Waals surface area contributed by atoms with Gasteiger partial charge in [-0.25, -0.2) is 9.37 Å². The second-order valence-corrected chi connectivity index (χ2v) is 4.76. The molecule has 0 aliphatic heterocycles. The number of unbranched alkanes of at least 4 members (excludes halogenated alkanes) is 1. The first-order valence-corrected chi connectivity index (χ1v) is 6.49. The van der Waals surface area contributed by atoms with Crippen LogP contribution in [0, 0.1) is 5.82 Å². The lowest BCUT2D eigenvalue weighted by molar-refractivity contribution is 0.284. The minimum atomic E-state index is -0.239. The van der Waals surface area contributed by atoms with Crippen molar-refractivity contribution < 1.29 is 9.50 Å². The van der Waals surface area contributed by atoms with Crippen LogP contribution < -0.4 is 0 Å². The number of hydrogen-bond acceptors (Lipinski definition) is 3. The summed E-state index contributed by atoms with van der Waals surface area (Å²) in [7, 11) is 0. The Morgan fingerprint density at radius 3 is 2.94 bits per heavy atom. The first-order valence-electron chi connectivity index (χ1n) is 5.61. The van der Waals surface area contributed by atoms with E-state index in [-0.39, 0.29) is 12.4 Å². The van der Waals surface area contributed by atoms with Gasteiger partial charge in [0.05, 0.1) is 10.7 Å². The lowest BCUT2D eigenvalue weighted by atomic mass is 10.2. The summed E-state index contributed by atoms with van der Waals surface area (Å²) in [6, 6.07) is 6.47. The van der Waals surface area contributed by atoms with Crippen LogP contribution in [0.2, 0.25) is 0 Å². The molecule has 0 aliphatic rings. The zero-order valence-corrected chi connectivity index (χ0v) is 10.2. The predicted octanol–water partition coefficient (Wildman–Crippen LogP) is 3.26. The molecule has 1 heterocycles. The van der Waals surface area contributed by atoms with E-state index in [9.17, 15) is 4.39 Å². The summed E-state index contributed by atoms with van der Waals surface area (Å²) in [4.78, 5) is 4.46. The van der Waals surface area contributed by atoms with E-state index in [2.05, 4.69) is 4.98 Å². The SMILES string of the molecule is OCCCCc1nc(-c2cccc(F)c2)cs1. The third-order valence-electron chi connectivity index (χ3n) is 2.47. The zero-order chi connectivity index (χ0) is 12.1. The summed E-state index contributed by atoms with van der Waals surface area (Å²) in [6.45, 7) is 0.224. The van der Waals surface area contributed by atoms with Gasteiger partial charge in [0.2, 0.25) is 0 Å². The van der Waals surface area contributed by atoms with Gasteiger partial charge in [-0.1, -0.05) is 12.1 Å². The van der Waals surface area contributed by atoms with Gasteiger partial charge in [-0.15, -0.1) is 11.3 Å². The molecule has 0 amide bonds. The number of benzene rings is 1. The summed E-state index contributed by atoms with van der Waals surface area (Å²) in [5.74, 6) is -0.239. The Labute approximate surface area is 104 Å². The number of halogens is 1. The van der Waals surface area contributed by atoms with Gasteiger partial charge in [0, 0.05) is 17.6 Å². The lowest BCUT2D eigenvalue weighted by Crippen LogP contribution is -1.88. The Balaban J connectivity index is 2.07. The van der Waals surface area contributed by atoms with E-state index < -0.39 is 0 Å². The number of hydrogen-bond donors (Lipinski definition) is 1. The molecule has 90 valence electrons. The minimum Gasteiger partial charge on any atom is -0.396 e. The van der Waals surface area contributed by atoms with Crippen molar-refractivity contribution in [3.63, 3.8) is 0 Å². The van der Waals surface area contributed by atoms with Crippen molar-refractivity contribution in [3.05, 3.63) is 40.5 Å². The second-order valence-electron chi connectivity index (χ2n) is 3.82. The van der Waals surface area contributed by atoms with E-state index in [1.807, 2.05) is 11.4 Å². The summed E-state index contributed by atoms with van der Waals surface area (Å²) < 4.78 is 13.1. The molecule has 2 rings (SSSR count). The number of aromatic nitrogens is 1. The Morgan fingerprint density at radius 2 is 2.18 bits per heavy atom. The molecule has 0 fully saturated rings. The van der Waals surface area contributed by atoms with E-state index in [1.54, 1.807) is 17.4 Å². The number of aliphatic hydroxyl groups is 1. The number of rotatable bonds is 5. The molecule has 0 spiro atoms. The molecule has 0 bridgehead atoms. The molecule has 4 heteroatoms. The second kappa shape index (κ2) is 5.89. The topological polar surface area (TPSA) is 33.1 Å². The zero-order valence-electron chi connectivity index (χ0n) is 9.40. The van der Waals surface area contributed by atoms with Crippen LogP contribution in [-0.2, 0) is 6.42 Å². The fourth-order valence-electron chi connectivity index (χ4n) is 1.59. The van der Waals surface area contributed by atoms with Gasteiger partial charge >= 0.3 is 0 Å². The highest BCUT2D eigenvalue weighted by atomic mass is 32.1. The third-order valence-corrected chi connectivity index (χ3v) is 3.38. The average molecular weight is 251 g/mol. The number of aliphatic hydroxyl groups excluding tert-OH is 1. The molecule has 0 unspecified atom stereocenters.